The average molecular weight is 516 g/mol. The average Bonchev–Trinajstić information content (AvgIpc) is 3.03. The highest BCUT2D eigenvalue weighted by Crippen LogP contribution is 2.35. The minimum Gasteiger partial charge on any atom is -0.423 e. The third-order valence-electron chi connectivity index (χ3n) is 5.09. The Morgan fingerprint density at radius 2 is 1.68 bits per heavy atom. The zero-order valence-electron chi connectivity index (χ0n) is 17.8. The molecule has 4 rings (SSSR count). The van der Waals surface area contributed by atoms with Gasteiger partial charge in [0.25, 0.3) is 11.8 Å². The highest BCUT2D eigenvalue weighted by Gasteiger charge is 2.39. The van der Waals surface area contributed by atoms with Gasteiger partial charge in [-0.3, -0.25) is 9.59 Å². The van der Waals surface area contributed by atoms with Crippen LogP contribution in [0.3, 0.4) is 0 Å². The van der Waals surface area contributed by atoms with Crippen LogP contribution in [-0.4, -0.2) is 17.8 Å². The number of aryl methyl sites for hydroxylation is 1. The zero-order chi connectivity index (χ0) is 24.4. The van der Waals surface area contributed by atoms with E-state index >= 15 is 0 Å². The summed E-state index contributed by atoms with van der Waals surface area (Å²) in [6.45, 7) is 2.01. The zero-order valence-corrected chi connectivity index (χ0v) is 20.0. The first-order chi connectivity index (χ1) is 16.3. The van der Waals surface area contributed by atoms with Gasteiger partial charge in [-0.15, -0.1) is 0 Å². The molecule has 0 bridgehead atoms. The van der Waals surface area contributed by atoms with Gasteiger partial charge >= 0.3 is 5.97 Å². The van der Waals surface area contributed by atoms with E-state index in [4.69, 9.17) is 39.5 Å². The minimum absolute atomic E-state index is 0.107. The molecule has 1 heterocycles. The first kappa shape index (κ1) is 23.8. The summed E-state index contributed by atoms with van der Waals surface area (Å²) < 4.78 is 5.43. The van der Waals surface area contributed by atoms with Crippen LogP contribution in [0, 0.1) is 0 Å². The number of carbonyl (C=O) groups excluding carboxylic acids is 3. The van der Waals surface area contributed by atoms with E-state index in [1.54, 1.807) is 18.2 Å². The second kappa shape index (κ2) is 9.89. The van der Waals surface area contributed by atoms with Crippen LogP contribution in [0.4, 0.5) is 11.4 Å². The Kier molecular flexibility index (Phi) is 6.93. The number of benzene rings is 3. The lowest BCUT2D eigenvalue weighted by Gasteiger charge is -2.16. The number of nitrogens with zero attached hydrogens (tertiary/aromatic N) is 1. The second-order valence-electron chi connectivity index (χ2n) is 7.32. The van der Waals surface area contributed by atoms with E-state index in [0.29, 0.717) is 22.0 Å². The highest BCUT2D eigenvalue weighted by molar-refractivity contribution is 6.53. The first-order valence-electron chi connectivity index (χ1n) is 10.2. The number of hydrogen-bond acceptors (Lipinski definition) is 5. The van der Waals surface area contributed by atoms with Gasteiger partial charge in [0, 0.05) is 10.7 Å². The molecule has 1 aliphatic heterocycles. The van der Waals surface area contributed by atoms with Gasteiger partial charge in [-0.25, -0.2) is 9.69 Å². The lowest BCUT2D eigenvalue weighted by molar-refractivity contribution is -0.120. The topological polar surface area (TPSA) is 75.7 Å². The molecule has 1 aliphatic rings. The maximum Gasteiger partial charge on any atom is 0.343 e. The van der Waals surface area contributed by atoms with Crippen molar-refractivity contribution in [3.05, 3.63) is 98.6 Å². The van der Waals surface area contributed by atoms with Gasteiger partial charge in [-0.2, -0.15) is 0 Å². The normalized spacial score (nSPS) is 13.5. The Hall–Kier alpha value is -3.32. The summed E-state index contributed by atoms with van der Waals surface area (Å²) >= 11 is 18.2. The standard InChI is InChI=1S/C25H17Cl3N2O4/c1-2-14-4-3-5-18(12-14)34-25(33)15-6-9-17(10-7-15)29-22-21(28)23(31)30(24(22)32)20-11-8-16(26)13-19(20)27/h3-13,29H,2H2,1H3. The first-order valence-corrected chi connectivity index (χ1v) is 11.3. The summed E-state index contributed by atoms with van der Waals surface area (Å²) in [5, 5.41) is 3.06. The molecule has 0 aromatic heterocycles. The maximum atomic E-state index is 12.9. The number of carbonyl (C=O) groups is 3. The Morgan fingerprint density at radius 3 is 2.35 bits per heavy atom. The Labute approximate surface area is 210 Å². The molecular weight excluding hydrogens is 499 g/mol. The summed E-state index contributed by atoms with van der Waals surface area (Å²) in [5.74, 6) is -1.45. The molecule has 34 heavy (non-hydrogen) atoms. The number of nitrogens with one attached hydrogen (secondary N) is 1. The van der Waals surface area contributed by atoms with Crippen molar-refractivity contribution in [2.75, 3.05) is 10.2 Å². The molecule has 0 fully saturated rings. The van der Waals surface area contributed by atoms with E-state index in [-0.39, 0.29) is 21.4 Å². The number of anilines is 2. The molecule has 172 valence electrons. The van der Waals surface area contributed by atoms with Gasteiger partial charge in [0.1, 0.15) is 16.5 Å². The Bertz CT molecular complexity index is 1340. The Balaban J connectivity index is 1.49. The van der Waals surface area contributed by atoms with Crippen LogP contribution < -0.4 is 15.0 Å². The van der Waals surface area contributed by atoms with Crippen LogP contribution in [0.2, 0.25) is 10.0 Å². The molecule has 0 aliphatic carbocycles. The van der Waals surface area contributed by atoms with Gasteiger partial charge in [-0.05, 0) is 66.6 Å². The smallest absolute Gasteiger partial charge is 0.343 e. The fourth-order valence-corrected chi connectivity index (χ4v) is 4.03. The molecule has 3 aromatic rings. The monoisotopic (exact) mass is 514 g/mol. The number of amides is 2. The summed E-state index contributed by atoms with van der Waals surface area (Å²) in [6, 6.07) is 17.9. The summed E-state index contributed by atoms with van der Waals surface area (Å²) in [7, 11) is 0. The molecule has 0 unspecified atom stereocenters. The second-order valence-corrected chi connectivity index (χ2v) is 8.54. The quantitative estimate of drug-likeness (QED) is 0.240. The summed E-state index contributed by atoms with van der Waals surface area (Å²) in [6.07, 6.45) is 0.826. The summed E-state index contributed by atoms with van der Waals surface area (Å²) in [4.78, 5) is 38.9. The van der Waals surface area contributed by atoms with E-state index in [1.807, 2.05) is 25.1 Å². The number of esters is 1. The van der Waals surface area contributed by atoms with Gasteiger partial charge in [0.2, 0.25) is 0 Å². The van der Waals surface area contributed by atoms with Gasteiger partial charge in [0.15, 0.2) is 0 Å². The highest BCUT2D eigenvalue weighted by atomic mass is 35.5. The molecule has 0 radical (unpaired) electrons. The maximum absolute atomic E-state index is 12.9. The Morgan fingerprint density at radius 1 is 0.941 bits per heavy atom. The number of hydrogen-bond donors (Lipinski definition) is 1. The van der Waals surface area contributed by atoms with Gasteiger partial charge in [0.05, 0.1) is 16.3 Å². The van der Waals surface area contributed by atoms with Crippen LogP contribution in [0.25, 0.3) is 0 Å². The van der Waals surface area contributed by atoms with E-state index in [1.165, 1.54) is 30.3 Å². The summed E-state index contributed by atoms with van der Waals surface area (Å²) in [5.41, 5.74) is 1.88. The van der Waals surface area contributed by atoms with Gasteiger partial charge < -0.3 is 10.1 Å². The fourth-order valence-electron chi connectivity index (χ4n) is 3.32. The number of ether oxygens (including phenoxy) is 1. The third-order valence-corrected chi connectivity index (χ3v) is 5.97. The lowest BCUT2D eigenvalue weighted by Crippen LogP contribution is -2.32. The molecular formula is C25H17Cl3N2O4. The van der Waals surface area contributed by atoms with Crippen molar-refractivity contribution >= 4 is 64.0 Å². The molecule has 0 saturated heterocycles. The van der Waals surface area contributed by atoms with Crippen molar-refractivity contribution in [3.8, 4) is 5.75 Å². The van der Waals surface area contributed by atoms with E-state index < -0.39 is 17.8 Å². The van der Waals surface area contributed by atoms with Crippen LogP contribution >= 0.6 is 34.8 Å². The molecule has 6 nitrogen and oxygen atoms in total. The van der Waals surface area contributed by atoms with Crippen molar-refractivity contribution in [2.24, 2.45) is 0 Å². The molecule has 0 spiro atoms. The number of rotatable bonds is 6. The third kappa shape index (κ3) is 4.80. The number of imide groups is 1. The molecule has 2 amide bonds. The SMILES string of the molecule is CCc1cccc(OC(=O)c2ccc(NC3=C(Cl)C(=O)N(c4ccc(Cl)cc4Cl)C3=O)cc2)c1. The largest absolute Gasteiger partial charge is 0.423 e. The van der Waals surface area contributed by atoms with E-state index in [2.05, 4.69) is 5.32 Å². The molecule has 0 atom stereocenters. The molecule has 3 aromatic carbocycles. The fraction of sp³-hybridized carbons (Fsp3) is 0.0800. The number of halogens is 3. The van der Waals surface area contributed by atoms with Crippen molar-refractivity contribution in [3.63, 3.8) is 0 Å². The molecule has 9 heteroatoms. The van der Waals surface area contributed by atoms with Gasteiger partial charge in [-0.1, -0.05) is 53.9 Å². The predicted octanol–water partition coefficient (Wildman–Crippen LogP) is 6.21. The predicted molar refractivity (Wildman–Crippen MR) is 133 cm³/mol. The minimum atomic E-state index is -0.715. The lowest BCUT2D eigenvalue weighted by atomic mass is 10.1. The van der Waals surface area contributed by atoms with Crippen molar-refractivity contribution in [1.82, 2.24) is 0 Å². The van der Waals surface area contributed by atoms with Crippen molar-refractivity contribution in [1.29, 1.82) is 0 Å². The van der Waals surface area contributed by atoms with Crippen molar-refractivity contribution < 1.29 is 19.1 Å². The van der Waals surface area contributed by atoms with Crippen LogP contribution in [0.1, 0.15) is 22.8 Å². The molecule has 0 saturated carbocycles. The van der Waals surface area contributed by atoms with Crippen LogP contribution in [-0.2, 0) is 16.0 Å². The molecule has 1 N–H and O–H groups in total. The van der Waals surface area contributed by atoms with Crippen LogP contribution in [0.15, 0.2) is 77.5 Å². The van der Waals surface area contributed by atoms with Crippen LogP contribution in [0.5, 0.6) is 5.75 Å². The van der Waals surface area contributed by atoms with Crippen molar-refractivity contribution in [2.45, 2.75) is 13.3 Å². The van der Waals surface area contributed by atoms with E-state index in [9.17, 15) is 14.4 Å². The van der Waals surface area contributed by atoms with E-state index in [0.717, 1.165) is 16.9 Å².